The van der Waals surface area contributed by atoms with Gasteiger partial charge in [-0.3, -0.25) is 0 Å². The lowest BCUT2D eigenvalue weighted by atomic mass is 10.1. The standard InChI is InChI=1S/C14H14N2O2S/c1-17-18-19-12-5-2-10(3-6-12)13-7-4-11-8-9-15-14(11)16-13/h2-7H,8-9H2,1H3,(H,15,16). The highest BCUT2D eigenvalue weighted by molar-refractivity contribution is 7.94. The highest BCUT2D eigenvalue weighted by atomic mass is 32.2. The van der Waals surface area contributed by atoms with Crippen molar-refractivity contribution < 1.29 is 9.22 Å². The van der Waals surface area contributed by atoms with Gasteiger partial charge in [-0.15, -0.1) is 0 Å². The van der Waals surface area contributed by atoms with E-state index in [1.807, 2.05) is 24.3 Å². The number of aromatic nitrogens is 1. The monoisotopic (exact) mass is 274 g/mol. The van der Waals surface area contributed by atoms with Crippen molar-refractivity contribution in [2.45, 2.75) is 11.3 Å². The van der Waals surface area contributed by atoms with Crippen molar-refractivity contribution in [3.05, 3.63) is 42.0 Å². The second-order valence-corrected chi connectivity index (χ2v) is 5.00. The minimum Gasteiger partial charge on any atom is -0.369 e. The Kier molecular flexibility index (Phi) is 3.68. The number of hydrogen-bond acceptors (Lipinski definition) is 5. The molecule has 0 unspecified atom stereocenters. The molecule has 0 fully saturated rings. The predicted octanol–water partition coefficient (Wildman–Crippen LogP) is 3.30. The van der Waals surface area contributed by atoms with Crippen molar-refractivity contribution in [3.63, 3.8) is 0 Å². The molecule has 1 N–H and O–H groups in total. The van der Waals surface area contributed by atoms with Crippen LogP contribution in [0.25, 0.3) is 11.3 Å². The molecule has 1 aliphatic heterocycles. The minimum absolute atomic E-state index is 0.982. The van der Waals surface area contributed by atoms with Crippen molar-refractivity contribution in [1.82, 2.24) is 4.98 Å². The quantitative estimate of drug-likeness (QED) is 0.526. The number of rotatable bonds is 4. The SMILES string of the molecule is COOSc1ccc(-c2ccc3c(n2)NCC3)cc1. The number of benzene rings is 1. The fraction of sp³-hybridized carbons (Fsp3) is 0.214. The van der Waals surface area contributed by atoms with Gasteiger partial charge < -0.3 is 5.32 Å². The molecule has 19 heavy (non-hydrogen) atoms. The maximum atomic E-state index is 4.82. The smallest absolute Gasteiger partial charge is 0.129 e. The van der Waals surface area contributed by atoms with Crippen molar-refractivity contribution in [2.75, 3.05) is 19.0 Å². The van der Waals surface area contributed by atoms with Crippen LogP contribution in [0.15, 0.2) is 41.3 Å². The van der Waals surface area contributed by atoms with Gasteiger partial charge in [0.05, 0.1) is 24.8 Å². The molecule has 3 rings (SSSR count). The maximum absolute atomic E-state index is 4.82. The molecule has 5 heteroatoms. The summed E-state index contributed by atoms with van der Waals surface area (Å²) in [4.78, 5) is 10.2. The van der Waals surface area contributed by atoms with Gasteiger partial charge in [0.1, 0.15) is 5.82 Å². The van der Waals surface area contributed by atoms with Gasteiger partial charge in [0.25, 0.3) is 0 Å². The van der Waals surface area contributed by atoms with Crippen molar-refractivity contribution >= 4 is 17.9 Å². The van der Waals surface area contributed by atoms with Crippen LogP contribution in [-0.2, 0) is 15.6 Å². The van der Waals surface area contributed by atoms with E-state index in [0.717, 1.165) is 34.9 Å². The summed E-state index contributed by atoms with van der Waals surface area (Å²) in [6, 6.07) is 12.3. The van der Waals surface area contributed by atoms with Crippen LogP contribution in [0.1, 0.15) is 5.56 Å². The molecule has 1 aromatic carbocycles. The fourth-order valence-electron chi connectivity index (χ4n) is 2.07. The minimum atomic E-state index is 0.982. The third-order valence-corrected chi connectivity index (χ3v) is 3.68. The van der Waals surface area contributed by atoms with Crippen LogP contribution < -0.4 is 5.32 Å². The first-order valence-electron chi connectivity index (χ1n) is 6.08. The zero-order valence-electron chi connectivity index (χ0n) is 10.6. The molecule has 1 aromatic heterocycles. The summed E-state index contributed by atoms with van der Waals surface area (Å²) in [7, 11) is 1.49. The van der Waals surface area contributed by atoms with Gasteiger partial charge >= 0.3 is 0 Å². The zero-order chi connectivity index (χ0) is 13.1. The molecule has 0 amide bonds. The van der Waals surface area contributed by atoms with Crippen molar-refractivity contribution in [1.29, 1.82) is 0 Å². The maximum Gasteiger partial charge on any atom is 0.129 e. The third-order valence-electron chi connectivity index (χ3n) is 3.01. The van der Waals surface area contributed by atoms with Gasteiger partial charge in [-0.05, 0) is 30.2 Å². The van der Waals surface area contributed by atoms with Crippen LogP contribution in [0, 0.1) is 0 Å². The van der Waals surface area contributed by atoms with E-state index >= 15 is 0 Å². The first kappa shape index (κ1) is 12.5. The first-order chi connectivity index (χ1) is 9.36. The lowest BCUT2D eigenvalue weighted by Gasteiger charge is -2.05. The lowest BCUT2D eigenvalue weighted by Crippen LogP contribution is -1.94. The highest BCUT2D eigenvalue weighted by Crippen LogP contribution is 2.27. The van der Waals surface area contributed by atoms with Crippen LogP contribution in [-0.4, -0.2) is 18.6 Å². The topological polar surface area (TPSA) is 43.4 Å². The van der Waals surface area contributed by atoms with E-state index in [4.69, 9.17) is 4.33 Å². The summed E-state index contributed by atoms with van der Waals surface area (Å²) in [6.45, 7) is 0.982. The fourth-order valence-corrected chi connectivity index (χ4v) is 2.47. The van der Waals surface area contributed by atoms with E-state index in [0.29, 0.717) is 0 Å². The molecule has 0 saturated carbocycles. The number of hydrogen-bond donors (Lipinski definition) is 1. The normalized spacial score (nSPS) is 13.1. The summed E-state index contributed by atoms with van der Waals surface area (Å²) < 4.78 is 4.82. The molecule has 0 aliphatic carbocycles. The highest BCUT2D eigenvalue weighted by Gasteiger charge is 2.12. The lowest BCUT2D eigenvalue weighted by molar-refractivity contribution is -0.160. The molecule has 0 spiro atoms. The van der Waals surface area contributed by atoms with E-state index in [1.165, 1.54) is 24.7 Å². The average Bonchev–Trinajstić information content (AvgIpc) is 2.93. The molecule has 2 heterocycles. The first-order valence-corrected chi connectivity index (χ1v) is 6.82. The molecule has 0 radical (unpaired) electrons. The van der Waals surface area contributed by atoms with Crippen molar-refractivity contribution in [3.8, 4) is 11.3 Å². The van der Waals surface area contributed by atoms with Crippen LogP contribution in [0.3, 0.4) is 0 Å². The predicted molar refractivity (Wildman–Crippen MR) is 75.8 cm³/mol. The number of nitrogens with one attached hydrogen (secondary N) is 1. The largest absolute Gasteiger partial charge is 0.369 e. The molecule has 2 aromatic rings. The van der Waals surface area contributed by atoms with Crippen LogP contribution in [0.4, 0.5) is 5.82 Å². The Morgan fingerprint density at radius 3 is 2.79 bits per heavy atom. The molecular formula is C14H14N2O2S. The van der Waals surface area contributed by atoms with E-state index in [-0.39, 0.29) is 0 Å². The van der Waals surface area contributed by atoms with Crippen LogP contribution in [0.2, 0.25) is 0 Å². The summed E-state index contributed by atoms with van der Waals surface area (Å²) >= 11 is 1.19. The number of anilines is 1. The Morgan fingerprint density at radius 1 is 1.16 bits per heavy atom. The Labute approximate surface area is 116 Å². The van der Waals surface area contributed by atoms with E-state index in [2.05, 4.69) is 27.3 Å². The molecule has 98 valence electrons. The molecule has 4 nitrogen and oxygen atoms in total. The third kappa shape index (κ3) is 2.73. The Hall–Kier alpha value is -1.56. The Bertz CT molecular complexity index is 572. The van der Waals surface area contributed by atoms with E-state index in [1.54, 1.807) is 0 Å². The van der Waals surface area contributed by atoms with Gasteiger partial charge in [0, 0.05) is 17.0 Å². The second-order valence-electron chi connectivity index (χ2n) is 4.22. The van der Waals surface area contributed by atoms with Crippen LogP contribution in [0.5, 0.6) is 0 Å². The summed E-state index contributed by atoms with van der Waals surface area (Å²) in [5, 5.41) is 3.30. The Balaban J connectivity index is 1.82. The van der Waals surface area contributed by atoms with Crippen molar-refractivity contribution in [2.24, 2.45) is 0 Å². The molecule has 1 aliphatic rings. The van der Waals surface area contributed by atoms with Crippen LogP contribution >= 0.6 is 12.0 Å². The van der Waals surface area contributed by atoms with Gasteiger partial charge in [0.15, 0.2) is 0 Å². The van der Waals surface area contributed by atoms with Gasteiger partial charge in [-0.1, -0.05) is 18.2 Å². The summed E-state index contributed by atoms with van der Waals surface area (Å²) in [5.41, 5.74) is 3.38. The average molecular weight is 274 g/mol. The molecule has 0 atom stereocenters. The Morgan fingerprint density at radius 2 is 2.00 bits per heavy atom. The molecular weight excluding hydrogens is 260 g/mol. The second kappa shape index (κ2) is 5.61. The van der Waals surface area contributed by atoms with Gasteiger partial charge in [-0.2, -0.15) is 4.33 Å². The van der Waals surface area contributed by atoms with Gasteiger partial charge in [0.2, 0.25) is 0 Å². The zero-order valence-corrected chi connectivity index (χ0v) is 11.4. The summed E-state index contributed by atoms with van der Waals surface area (Å²) in [5.74, 6) is 1.01. The molecule has 0 bridgehead atoms. The number of nitrogens with zero attached hydrogens (tertiary/aromatic N) is 1. The number of fused-ring (bicyclic) bond motifs is 1. The van der Waals surface area contributed by atoms with E-state index < -0.39 is 0 Å². The number of pyridine rings is 1. The summed E-state index contributed by atoms with van der Waals surface area (Å²) in [6.07, 6.45) is 1.06. The van der Waals surface area contributed by atoms with E-state index in [9.17, 15) is 0 Å². The van der Waals surface area contributed by atoms with Gasteiger partial charge in [-0.25, -0.2) is 9.87 Å². The molecule has 0 saturated heterocycles.